The van der Waals surface area contributed by atoms with Crippen LogP contribution in [-0.4, -0.2) is 52.8 Å². The first-order valence-corrected chi connectivity index (χ1v) is 8.12. The topological polar surface area (TPSA) is 60.9 Å². The van der Waals surface area contributed by atoms with E-state index in [-0.39, 0.29) is 11.4 Å². The molecule has 2 aliphatic heterocycles. The molecular weight excluding hydrogens is 292 g/mol. The van der Waals surface area contributed by atoms with E-state index < -0.39 is 17.7 Å². The molecule has 1 saturated heterocycles. The number of carbonyl (C=O) groups is 2. The van der Waals surface area contributed by atoms with E-state index in [9.17, 15) is 14.7 Å². The van der Waals surface area contributed by atoms with E-state index >= 15 is 0 Å². The molecule has 0 saturated carbocycles. The second kappa shape index (κ2) is 6.54. The van der Waals surface area contributed by atoms with Crippen LogP contribution in [0.1, 0.15) is 31.4 Å². The Morgan fingerprint density at radius 1 is 1.17 bits per heavy atom. The smallest absolute Gasteiger partial charge is 0.290 e. The van der Waals surface area contributed by atoms with Crippen LogP contribution in [0.5, 0.6) is 0 Å². The van der Waals surface area contributed by atoms with Crippen LogP contribution in [0.3, 0.4) is 0 Å². The van der Waals surface area contributed by atoms with Gasteiger partial charge in [-0.3, -0.25) is 9.59 Å². The SMILES string of the molecule is CC(=O)C1=C(O)C(=O)N(CCN2CCCC2)C1c1ccccc1. The molecule has 1 atom stereocenters. The molecule has 0 aromatic heterocycles. The van der Waals surface area contributed by atoms with Crippen LogP contribution < -0.4 is 0 Å². The summed E-state index contributed by atoms with van der Waals surface area (Å²) in [7, 11) is 0. The number of amides is 1. The zero-order valence-corrected chi connectivity index (χ0v) is 13.4. The second-order valence-electron chi connectivity index (χ2n) is 6.18. The van der Waals surface area contributed by atoms with Crippen molar-refractivity contribution in [2.45, 2.75) is 25.8 Å². The summed E-state index contributed by atoms with van der Waals surface area (Å²) in [5, 5.41) is 10.2. The Bertz CT molecular complexity index is 633. The van der Waals surface area contributed by atoms with Gasteiger partial charge >= 0.3 is 0 Å². The van der Waals surface area contributed by atoms with E-state index in [0.717, 1.165) is 25.2 Å². The number of benzene rings is 1. The molecule has 122 valence electrons. The Balaban J connectivity index is 1.87. The fourth-order valence-electron chi connectivity index (χ4n) is 3.48. The van der Waals surface area contributed by atoms with Gasteiger partial charge in [-0.05, 0) is 38.4 Å². The lowest BCUT2D eigenvalue weighted by Gasteiger charge is -2.28. The third-order valence-corrected chi connectivity index (χ3v) is 4.65. The van der Waals surface area contributed by atoms with Gasteiger partial charge in [-0.2, -0.15) is 0 Å². The molecule has 1 amide bonds. The van der Waals surface area contributed by atoms with Gasteiger partial charge in [0.15, 0.2) is 11.5 Å². The quantitative estimate of drug-likeness (QED) is 0.904. The third kappa shape index (κ3) is 3.01. The van der Waals surface area contributed by atoms with Gasteiger partial charge in [-0.15, -0.1) is 0 Å². The normalized spacial score (nSPS) is 22.2. The fraction of sp³-hybridized carbons (Fsp3) is 0.444. The number of hydrogen-bond acceptors (Lipinski definition) is 4. The summed E-state index contributed by atoms with van der Waals surface area (Å²) in [5.74, 6) is -1.09. The Hall–Kier alpha value is -2.14. The fourth-order valence-corrected chi connectivity index (χ4v) is 3.48. The van der Waals surface area contributed by atoms with E-state index in [2.05, 4.69) is 4.90 Å². The minimum Gasteiger partial charge on any atom is -0.503 e. The Labute approximate surface area is 136 Å². The number of Topliss-reactive ketones (excluding diaryl/α,β-unsaturated/α-hetero) is 1. The molecule has 1 aromatic carbocycles. The number of nitrogens with zero attached hydrogens (tertiary/aromatic N) is 2. The number of aliphatic hydroxyl groups excluding tert-OH is 1. The summed E-state index contributed by atoms with van der Waals surface area (Å²) >= 11 is 0. The van der Waals surface area contributed by atoms with Crippen LogP contribution in [0, 0.1) is 0 Å². The standard InChI is InChI=1S/C18H22N2O3/c1-13(21)15-16(14-7-3-2-4-8-14)20(18(23)17(15)22)12-11-19-9-5-6-10-19/h2-4,7-8,16,22H,5-6,9-12H2,1H3. The average Bonchev–Trinajstić information content (AvgIpc) is 3.14. The van der Waals surface area contributed by atoms with Crippen molar-refractivity contribution in [1.82, 2.24) is 9.80 Å². The minimum absolute atomic E-state index is 0.211. The molecule has 1 N–H and O–H groups in total. The number of ketones is 1. The number of carbonyl (C=O) groups excluding carboxylic acids is 2. The van der Waals surface area contributed by atoms with E-state index in [1.807, 2.05) is 30.3 Å². The molecule has 2 aliphatic rings. The van der Waals surface area contributed by atoms with Crippen LogP contribution in [-0.2, 0) is 9.59 Å². The van der Waals surface area contributed by atoms with Gasteiger partial charge in [0.1, 0.15) is 0 Å². The predicted molar refractivity (Wildman–Crippen MR) is 86.9 cm³/mol. The molecule has 5 heteroatoms. The molecular formula is C18H22N2O3. The Kier molecular flexibility index (Phi) is 4.48. The largest absolute Gasteiger partial charge is 0.503 e. The molecule has 3 rings (SSSR count). The maximum Gasteiger partial charge on any atom is 0.290 e. The molecule has 0 bridgehead atoms. The van der Waals surface area contributed by atoms with Crippen molar-refractivity contribution in [3.63, 3.8) is 0 Å². The van der Waals surface area contributed by atoms with Crippen molar-refractivity contribution in [2.24, 2.45) is 0 Å². The van der Waals surface area contributed by atoms with Gasteiger partial charge in [-0.25, -0.2) is 0 Å². The van der Waals surface area contributed by atoms with Gasteiger partial charge in [0.05, 0.1) is 11.6 Å². The monoisotopic (exact) mass is 314 g/mol. The zero-order chi connectivity index (χ0) is 16.4. The van der Waals surface area contributed by atoms with Crippen molar-refractivity contribution >= 4 is 11.7 Å². The zero-order valence-electron chi connectivity index (χ0n) is 13.4. The second-order valence-corrected chi connectivity index (χ2v) is 6.18. The molecule has 1 unspecified atom stereocenters. The molecule has 23 heavy (non-hydrogen) atoms. The summed E-state index contributed by atoms with van der Waals surface area (Å²) in [6.45, 7) is 4.79. The van der Waals surface area contributed by atoms with Crippen molar-refractivity contribution < 1.29 is 14.7 Å². The number of rotatable bonds is 5. The number of likely N-dealkylation sites (tertiary alicyclic amines) is 1. The van der Waals surface area contributed by atoms with Crippen LogP contribution >= 0.6 is 0 Å². The molecule has 2 heterocycles. The maximum atomic E-state index is 12.5. The van der Waals surface area contributed by atoms with Gasteiger partial charge in [0.25, 0.3) is 5.91 Å². The van der Waals surface area contributed by atoms with Gasteiger partial charge in [0.2, 0.25) is 0 Å². The highest BCUT2D eigenvalue weighted by Gasteiger charge is 2.42. The molecule has 0 spiro atoms. The van der Waals surface area contributed by atoms with Crippen molar-refractivity contribution in [1.29, 1.82) is 0 Å². The summed E-state index contributed by atoms with van der Waals surface area (Å²) in [6, 6.07) is 8.96. The van der Waals surface area contributed by atoms with E-state index in [1.165, 1.54) is 19.8 Å². The highest BCUT2D eigenvalue weighted by molar-refractivity contribution is 6.08. The van der Waals surface area contributed by atoms with Gasteiger partial charge < -0.3 is 14.9 Å². The van der Waals surface area contributed by atoms with E-state index in [1.54, 1.807) is 4.90 Å². The van der Waals surface area contributed by atoms with Crippen LogP contribution in [0.4, 0.5) is 0 Å². The molecule has 0 radical (unpaired) electrons. The van der Waals surface area contributed by atoms with Crippen LogP contribution in [0.15, 0.2) is 41.7 Å². The Morgan fingerprint density at radius 2 is 1.83 bits per heavy atom. The van der Waals surface area contributed by atoms with Crippen molar-refractivity contribution in [3.8, 4) is 0 Å². The molecule has 1 fully saturated rings. The van der Waals surface area contributed by atoms with Gasteiger partial charge in [-0.1, -0.05) is 30.3 Å². The molecule has 1 aromatic rings. The van der Waals surface area contributed by atoms with Gasteiger partial charge in [0, 0.05) is 13.1 Å². The third-order valence-electron chi connectivity index (χ3n) is 4.65. The summed E-state index contributed by atoms with van der Waals surface area (Å²) in [5.41, 5.74) is 1.07. The summed E-state index contributed by atoms with van der Waals surface area (Å²) in [6.07, 6.45) is 2.39. The number of aliphatic hydroxyl groups is 1. The van der Waals surface area contributed by atoms with Crippen LogP contribution in [0.25, 0.3) is 0 Å². The first kappa shape index (κ1) is 15.7. The number of hydrogen-bond donors (Lipinski definition) is 1. The predicted octanol–water partition coefficient (Wildman–Crippen LogP) is 2.07. The maximum absolute atomic E-state index is 12.5. The Morgan fingerprint density at radius 3 is 2.43 bits per heavy atom. The lowest BCUT2D eigenvalue weighted by Crippen LogP contribution is -2.37. The summed E-state index contributed by atoms with van der Waals surface area (Å²) in [4.78, 5) is 28.4. The molecule has 5 nitrogen and oxygen atoms in total. The van der Waals surface area contributed by atoms with Crippen molar-refractivity contribution in [2.75, 3.05) is 26.2 Å². The molecule has 0 aliphatic carbocycles. The van der Waals surface area contributed by atoms with Crippen molar-refractivity contribution in [3.05, 3.63) is 47.2 Å². The minimum atomic E-state index is -0.483. The van der Waals surface area contributed by atoms with E-state index in [4.69, 9.17) is 0 Å². The van der Waals surface area contributed by atoms with Crippen LogP contribution in [0.2, 0.25) is 0 Å². The first-order chi connectivity index (χ1) is 11.1. The lowest BCUT2D eigenvalue weighted by atomic mass is 9.97. The lowest BCUT2D eigenvalue weighted by molar-refractivity contribution is -0.129. The summed E-state index contributed by atoms with van der Waals surface area (Å²) < 4.78 is 0. The average molecular weight is 314 g/mol. The van der Waals surface area contributed by atoms with E-state index in [0.29, 0.717) is 6.54 Å². The first-order valence-electron chi connectivity index (χ1n) is 8.12. The highest BCUT2D eigenvalue weighted by atomic mass is 16.3. The highest BCUT2D eigenvalue weighted by Crippen LogP contribution is 2.37.